The fraction of sp³-hybridized carbons (Fsp3) is 0.929. The molecule has 0 aliphatic carbocycles. The van der Waals surface area contributed by atoms with E-state index in [0.717, 1.165) is 25.9 Å². The molecule has 1 N–H and O–H groups in total. The van der Waals surface area contributed by atoms with Gasteiger partial charge in [0.1, 0.15) is 5.60 Å². The Morgan fingerprint density at radius 3 is 2.61 bits per heavy atom. The maximum Gasteiger partial charge on any atom is 0.410 e. The first-order valence-corrected chi connectivity index (χ1v) is 7.20. The minimum Gasteiger partial charge on any atom is -0.444 e. The molecule has 0 unspecified atom stereocenters. The van der Waals surface area contributed by atoms with E-state index in [4.69, 9.17) is 4.74 Å². The Kier molecular flexibility index (Phi) is 4.15. The Bertz CT molecular complexity index is 293. The van der Waals surface area contributed by atoms with E-state index in [0.29, 0.717) is 12.1 Å². The van der Waals surface area contributed by atoms with Gasteiger partial charge in [0.05, 0.1) is 6.04 Å². The number of carbonyl (C=O) groups excluding carboxylic acids is 1. The molecular formula is C14H26N2O2. The van der Waals surface area contributed by atoms with Crippen LogP contribution in [0.5, 0.6) is 0 Å². The van der Waals surface area contributed by atoms with Crippen molar-refractivity contribution in [2.24, 2.45) is 0 Å². The molecule has 0 spiro atoms. The zero-order valence-corrected chi connectivity index (χ0v) is 11.9. The average molecular weight is 254 g/mol. The van der Waals surface area contributed by atoms with Crippen LogP contribution < -0.4 is 5.32 Å². The predicted molar refractivity (Wildman–Crippen MR) is 71.6 cm³/mol. The fourth-order valence-electron chi connectivity index (χ4n) is 2.97. The van der Waals surface area contributed by atoms with Crippen LogP contribution >= 0.6 is 0 Å². The molecule has 2 aliphatic rings. The molecule has 2 fully saturated rings. The van der Waals surface area contributed by atoms with Crippen LogP contribution in [0, 0.1) is 0 Å². The summed E-state index contributed by atoms with van der Waals surface area (Å²) in [5.41, 5.74) is -0.399. The molecule has 18 heavy (non-hydrogen) atoms. The number of carbonyl (C=O) groups is 1. The molecule has 0 radical (unpaired) electrons. The Labute approximate surface area is 110 Å². The number of amides is 1. The summed E-state index contributed by atoms with van der Waals surface area (Å²) in [6.07, 6.45) is 5.78. The van der Waals surface area contributed by atoms with Gasteiger partial charge < -0.3 is 15.0 Å². The molecule has 0 bridgehead atoms. The second-order valence-corrected chi connectivity index (χ2v) is 6.44. The van der Waals surface area contributed by atoms with E-state index in [9.17, 15) is 4.79 Å². The van der Waals surface area contributed by atoms with Crippen molar-refractivity contribution in [3.63, 3.8) is 0 Å². The van der Waals surface area contributed by atoms with E-state index < -0.39 is 5.60 Å². The third-order valence-electron chi connectivity index (χ3n) is 3.74. The minimum absolute atomic E-state index is 0.141. The van der Waals surface area contributed by atoms with Crippen molar-refractivity contribution in [2.45, 2.75) is 70.6 Å². The normalized spacial score (nSPS) is 29.4. The van der Waals surface area contributed by atoms with Crippen LogP contribution in [0.3, 0.4) is 0 Å². The van der Waals surface area contributed by atoms with Gasteiger partial charge in [-0.1, -0.05) is 6.42 Å². The van der Waals surface area contributed by atoms with Crippen molar-refractivity contribution >= 4 is 6.09 Å². The van der Waals surface area contributed by atoms with E-state index in [1.165, 1.54) is 19.3 Å². The molecule has 0 aromatic heterocycles. The highest BCUT2D eigenvalue weighted by Crippen LogP contribution is 2.26. The topological polar surface area (TPSA) is 41.6 Å². The van der Waals surface area contributed by atoms with Crippen LogP contribution in [0.2, 0.25) is 0 Å². The lowest BCUT2D eigenvalue weighted by molar-refractivity contribution is 0.0186. The smallest absolute Gasteiger partial charge is 0.410 e. The minimum atomic E-state index is -0.399. The van der Waals surface area contributed by atoms with Crippen molar-refractivity contribution in [1.29, 1.82) is 0 Å². The van der Waals surface area contributed by atoms with Gasteiger partial charge in [-0.05, 0) is 53.0 Å². The second-order valence-electron chi connectivity index (χ2n) is 6.44. The number of piperidine rings is 1. The van der Waals surface area contributed by atoms with Crippen LogP contribution in [-0.4, -0.2) is 41.8 Å². The van der Waals surface area contributed by atoms with E-state index in [-0.39, 0.29) is 6.09 Å². The van der Waals surface area contributed by atoms with Gasteiger partial charge in [0.25, 0.3) is 0 Å². The Balaban J connectivity index is 1.96. The number of hydrogen-bond donors (Lipinski definition) is 1. The first kappa shape index (κ1) is 13.7. The highest BCUT2D eigenvalue weighted by atomic mass is 16.6. The molecule has 4 heteroatoms. The number of hydrogen-bond acceptors (Lipinski definition) is 3. The summed E-state index contributed by atoms with van der Waals surface area (Å²) in [6.45, 7) is 7.71. The first-order chi connectivity index (χ1) is 8.47. The Hall–Kier alpha value is -0.770. The molecule has 0 saturated carbocycles. The lowest BCUT2D eigenvalue weighted by atomic mass is 9.96. The van der Waals surface area contributed by atoms with Gasteiger partial charge in [-0.3, -0.25) is 0 Å². The van der Waals surface area contributed by atoms with Crippen LogP contribution in [0.25, 0.3) is 0 Å². The summed E-state index contributed by atoms with van der Waals surface area (Å²) < 4.78 is 5.50. The van der Waals surface area contributed by atoms with Crippen molar-refractivity contribution in [2.75, 3.05) is 13.1 Å². The molecule has 2 rings (SSSR count). The molecule has 2 saturated heterocycles. The van der Waals surface area contributed by atoms with Crippen molar-refractivity contribution in [3.05, 3.63) is 0 Å². The predicted octanol–water partition coefficient (Wildman–Crippen LogP) is 2.53. The van der Waals surface area contributed by atoms with Gasteiger partial charge >= 0.3 is 6.09 Å². The zero-order valence-electron chi connectivity index (χ0n) is 11.9. The molecule has 2 heterocycles. The Morgan fingerprint density at radius 1 is 1.22 bits per heavy atom. The number of nitrogens with zero attached hydrogens (tertiary/aromatic N) is 1. The monoisotopic (exact) mass is 254 g/mol. The van der Waals surface area contributed by atoms with Gasteiger partial charge in [-0.15, -0.1) is 0 Å². The highest BCUT2D eigenvalue weighted by Gasteiger charge is 2.37. The van der Waals surface area contributed by atoms with Crippen LogP contribution in [0.15, 0.2) is 0 Å². The lowest BCUT2D eigenvalue weighted by Gasteiger charge is -2.35. The van der Waals surface area contributed by atoms with E-state index in [2.05, 4.69) is 5.32 Å². The summed E-state index contributed by atoms with van der Waals surface area (Å²) >= 11 is 0. The first-order valence-electron chi connectivity index (χ1n) is 7.20. The molecule has 2 atom stereocenters. The third kappa shape index (κ3) is 3.37. The molecule has 2 aliphatic heterocycles. The van der Waals surface area contributed by atoms with Crippen molar-refractivity contribution in [1.82, 2.24) is 10.2 Å². The van der Waals surface area contributed by atoms with Gasteiger partial charge in [-0.25, -0.2) is 4.79 Å². The molecule has 4 nitrogen and oxygen atoms in total. The molecule has 104 valence electrons. The molecular weight excluding hydrogens is 228 g/mol. The largest absolute Gasteiger partial charge is 0.444 e. The standard InChI is InChI=1S/C14H26N2O2/c1-14(2,3)18-13(17)16-10-6-8-12(16)11-7-4-5-9-15-11/h11-12,15H,4-10H2,1-3H3/t11-,12-/m1/s1. The van der Waals surface area contributed by atoms with Gasteiger partial charge in [0.15, 0.2) is 0 Å². The molecule has 0 aromatic carbocycles. The number of likely N-dealkylation sites (tertiary alicyclic amines) is 1. The van der Waals surface area contributed by atoms with Gasteiger partial charge in [0.2, 0.25) is 0 Å². The van der Waals surface area contributed by atoms with E-state index >= 15 is 0 Å². The number of nitrogens with one attached hydrogen (secondary N) is 1. The average Bonchev–Trinajstić information content (AvgIpc) is 2.76. The molecule has 1 amide bonds. The van der Waals surface area contributed by atoms with Crippen LogP contribution in [-0.2, 0) is 4.74 Å². The summed E-state index contributed by atoms with van der Waals surface area (Å²) in [5, 5.41) is 3.56. The lowest BCUT2D eigenvalue weighted by Crippen LogP contribution is -2.51. The highest BCUT2D eigenvalue weighted by molar-refractivity contribution is 5.69. The molecule has 0 aromatic rings. The Morgan fingerprint density at radius 2 is 2.00 bits per heavy atom. The summed E-state index contributed by atoms with van der Waals surface area (Å²) in [6, 6.07) is 0.800. The zero-order chi connectivity index (χ0) is 13.2. The maximum absolute atomic E-state index is 12.2. The van der Waals surface area contributed by atoms with Gasteiger partial charge in [-0.2, -0.15) is 0 Å². The third-order valence-corrected chi connectivity index (χ3v) is 3.74. The number of rotatable bonds is 1. The van der Waals surface area contributed by atoms with Gasteiger partial charge in [0, 0.05) is 12.6 Å². The number of ether oxygens (including phenoxy) is 1. The van der Waals surface area contributed by atoms with Crippen molar-refractivity contribution in [3.8, 4) is 0 Å². The SMILES string of the molecule is CC(C)(C)OC(=O)N1CCC[C@@H]1[C@H]1CCCCN1. The van der Waals surface area contributed by atoms with Crippen LogP contribution in [0.4, 0.5) is 4.79 Å². The van der Waals surface area contributed by atoms with Crippen LogP contribution in [0.1, 0.15) is 52.9 Å². The summed E-state index contributed by atoms with van der Waals surface area (Å²) in [4.78, 5) is 14.1. The van der Waals surface area contributed by atoms with E-state index in [1.807, 2.05) is 25.7 Å². The van der Waals surface area contributed by atoms with Crippen molar-refractivity contribution < 1.29 is 9.53 Å². The summed E-state index contributed by atoms with van der Waals surface area (Å²) in [5.74, 6) is 0. The summed E-state index contributed by atoms with van der Waals surface area (Å²) in [7, 11) is 0. The quantitative estimate of drug-likeness (QED) is 0.782. The second kappa shape index (κ2) is 5.47. The fourth-order valence-corrected chi connectivity index (χ4v) is 2.97. The maximum atomic E-state index is 12.2. The van der Waals surface area contributed by atoms with E-state index in [1.54, 1.807) is 0 Å².